The highest BCUT2D eigenvalue weighted by Crippen LogP contribution is 2.16. The maximum Gasteiger partial charge on any atom is 0.238 e. The van der Waals surface area contributed by atoms with Crippen molar-refractivity contribution in [1.29, 1.82) is 0 Å². The van der Waals surface area contributed by atoms with Crippen molar-refractivity contribution >= 4 is 28.2 Å². The van der Waals surface area contributed by atoms with Gasteiger partial charge < -0.3 is 5.73 Å². The van der Waals surface area contributed by atoms with E-state index in [2.05, 4.69) is 10.2 Å². The molecule has 0 aliphatic heterocycles. The van der Waals surface area contributed by atoms with E-state index in [1.165, 1.54) is 16.7 Å². The van der Waals surface area contributed by atoms with E-state index in [0.717, 1.165) is 0 Å². The second-order valence-electron chi connectivity index (χ2n) is 3.26. The van der Waals surface area contributed by atoms with Gasteiger partial charge in [-0.25, -0.2) is 18.7 Å². The fourth-order valence-corrected chi connectivity index (χ4v) is 2.16. The van der Waals surface area contributed by atoms with Gasteiger partial charge in [-0.3, -0.25) is 4.57 Å². The number of benzene rings is 1. The van der Waals surface area contributed by atoms with Gasteiger partial charge in [-0.05, 0) is 30.4 Å². The standard InChI is InChI=1S/C8H9N5O2S2/c9-7-11-12-8(16)13(7)5-2-1-3-6(4-5)17(10,14)15/h1-4H,(H2,9,11)(H,12,16)(H2,10,14,15). The Labute approximate surface area is 102 Å². The molecular weight excluding hydrogens is 262 g/mol. The number of primary sulfonamides is 1. The number of rotatable bonds is 2. The lowest BCUT2D eigenvalue weighted by atomic mass is 10.3. The number of nitrogens with one attached hydrogen (secondary N) is 1. The molecule has 0 aliphatic carbocycles. The smallest absolute Gasteiger partial charge is 0.238 e. The Morgan fingerprint density at radius 1 is 1.41 bits per heavy atom. The molecule has 90 valence electrons. The van der Waals surface area contributed by atoms with E-state index in [1.807, 2.05) is 0 Å². The van der Waals surface area contributed by atoms with Gasteiger partial charge in [0.15, 0.2) is 0 Å². The van der Waals surface area contributed by atoms with E-state index >= 15 is 0 Å². The first-order valence-electron chi connectivity index (χ1n) is 4.46. The minimum Gasteiger partial charge on any atom is -0.368 e. The lowest BCUT2D eigenvalue weighted by Crippen LogP contribution is -2.12. The molecule has 0 amide bonds. The third-order valence-electron chi connectivity index (χ3n) is 2.10. The molecule has 1 aromatic carbocycles. The SMILES string of the molecule is Nc1n[nH]c(=S)n1-c1cccc(S(N)(=O)=O)c1. The molecule has 2 rings (SSSR count). The second-order valence-corrected chi connectivity index (χ2v) is 5.21. The van der Waals surface area contributed by atoms with Crippen molar-refractivity contribution in [3.8, 4) is 5.69 Å². The predicted molar refractivity (Wildman–Crippen MR) is 64.5 cm³/mol. The van der Waals surface area contributed by atoms with Gasteiger partial charge in [-0.1, -0.05) is 6.07 Å². The number of sulfonamides is 1. The van der Waals surface area contributed by atoms with E-state index in [4.69, 9.17) is 23.1 Å². The van der Waals surface area contributed by atoms with Crippen LogP contribution in [0.25, 0.3) is 5.69 Å². The summed E-state index contributed by atoms with van der Waals surface area (Å²) >= 11 is 4.98. The summed E-state index contributed by atoms with van der Waals surface area (Å²) in [7, 11) is -3.76. The Morgan fingerprint density at radius 2 is 2.12 bits per heavy atom. The molecule has 1 heterocycles. The van der Waals surface area contributed by atoms with E-state index in [9.17, 15) is 8.42 Å². The van der Waals surface area contributed by atoms with Gasteiger partial charge >= 0.3 is 0 Å². The number of H-pyrrole nitrogens is 1. The molecule has 2 aromatic rings. The van der Waals surface area contributed by atoms with Crippen LogP contribution in [0.3, 0.4) is 0 Å². The van der Waals surface area contributed by atoms with Crippen LogP contribution in [-0.2, 0) is 10.0 Å². The number of hydrogen-bond donors (Lipinski definition) is 3. The average Bonchev–Trinajstić information content (AvgIpc) is 2.57. The number of nitrogen functional groups attached to an aromatic ring is 1. The molecule has 5 N–H and O–H groups in total. The summed E-state index contributed by atoms with van der Waals surface area (Å²) in [6, 6.07) is 5.95. The first-order chi connectivity index (χ1) is 7.89. The zero-order valence-electron chi connectivity index (χ0n) is 8.49. The number of anilines is 1. The van der Waals surface area contributed by atoms with Crippen LogP contribution < -0.4 is 10.9 Å². The maximum absolute atomic E-state index is 11.2. The summed E-state index contributed by atoms with van der Waals surface area (Å²) in [6.07, 6.45) is 0. The van der Waals surface area contributed by atoms with Crippen molar-refractivity contribution in [3.05, 3.63) is 29.0 Å². The van der Waals surface area contributed by atoms with Crippen molar-refractivity contribution in [2.24, 2.45) is 5.14 Å². The monoisotopic (exact) mass is 271 g/mol. The van der Waals surface area contributed by atoms with Crippen LogP contribution in [0.5, 0.6) is 0 Å². The molecule has 17 heavy (non-hydrogen) atoms. The number of aromatic amines is 1. The molecule has 0 radical (unpaired) electrons. The highest BCUT2D eigenvalue weighted by Gasteiger charge is 2.10. The third-order valence-corrected chi connectivity index (χ3v) is 3.29. The summed E-state index contributed by atoms with van der Waals surface area (Å²) in [5.74, 6) is 0.140. The third kappa shape index (κ3) is 2.20. The average molecular weight is 271 g/mol. The van der Waals surface area contributed by atoms with Gasteiger partial charge in [0.2, 0.25) is 20.7 Å². The van der Waals surface area contributed by atoms with Crippen molar-refractivity contribution in [2.45, 2.75) is 4.90 Å². The van der Waals surface area contributed by atoms with Crippen molar-refractivity contribution in [2.75, 3.05) is 5.73 Å². The Balaban J connectivity index is 2.67. The first-order valence-corrected chi connectivity index (χ1v) is 6.41. The van der Waals surface area contributed by atoms with Crippen molar-refractivity contribution in [1.82, 2.24) is 14.8 Å². The Bertz CT molecular complexity index is 716. The van der Waals surface area contributed by atoms with Gasteiger partial charge in [-0.2, -0.15) is 0 Å². The number of nitrogens with zero attached hydrogens (tertiary/aromatic N) is 2. The fourth-order valence-electron chi connectivity index (χ4n) is 1.36. The van der Waals surface area contributed by atoms with Crippen molar-refractivity contribution in [3.63, 3.8) is 0 Å². The van der Waals surface area contributed by atoms with Crippen LogP contribution in [0.1, 0.15) is 0 Å². The Morgan fingerprint density at radius 3 is 2.65 bits per heavy atom. The molecule has 0 spiro atoms. The lowest BCUT2D eigenvalue weighted by molar-refractivity contribution is 0.597. The largest absolute Gasteiger partial charge is 0.368 e. The molecule has 0 atom stereocenters. The van der Waals surface area contributed by atoms with E-state index in [1.54, 1.807) is 12.1 Å². The molecule has 1 aromatic heterocycles. The Kier molecular flexibility index (Phi) is 2.73. The number of nitrogens with two attached hydrogens (primary N) is 2. The van der Waals surface area contributed by atoms with E-state index in [-0.39, 0.29) is 15.6 Å². The minimum absolute atomic E-state index is 0.0162. The highest BCUT2D eigenvalue weighted by molar-refractivity contribution is 7.89. The molecule has 0 saturated carbocycles. The Hall–Kier alpha value is -1.71. The zero-order chi connectivity index (χ0) is 12.6. The summed E-state index contributed by atoms with van der Waals surface area (Å²) in [5.41, 5.74) is 6.09. The first kappa shape index (κ1) is 11.8. The minimum atomic E-state index is -3.76. The van der Waals surface area contributed by atoms with Crippen LogP contribution in [-0.4, -0.2) is 23.2 Å². The van der Waals surface area contributed by atoms with Gasteiger partial charge in [-0.15, -0.1) is 5.10 Å². The van der Waals surface area contributed by atoms with Crippen LogP contribution in [0.2, 0.25) is 0 Å². The predicted octanol–water partition coefficient (Wildman–Crippen LogP) is 0.159. The molecule has 7 nitrogen and oxygen atoms in total. The van der Waals surface area contributed by atoms with Crippen LogP contribution in [0.4, 0.5) is 5.95 Å². The molecular formula is C8H9N5O2S2. The van der Waals surface area contributed by atoms with E-state index < -0.39 is 10.0 Å². The normalized spacial score (nSPS) is 11.6. The van der Waals surface area contributed by atoms with Gasteiger partial charge in [0, 0.05) is 0 Å². The molecule has 0 unspecified atom stereocenters. The summed E-state index contributed by atoms with van der Waals surface area (Å²) < 4.78 is 24.1. The van der Waals surface area contributed by atoms with Gasteiger partial charge in [0.1, 0.15) is 0 Å². The highest BCUT2D eigenvalue weighted by atomic mass is 32.2. The van der Waals surface area contributed by atoms with Crippen molar-refractivity contribution < 1.29 is 8.42 Å². The molecule has 0 fully saturated rings. The quantitative estimate of drug-likeness (QED) is 0.672. The van der Waals surface area contributed by atoms with Crippen LogP contribution >= 0.6 is 12.2 Å². The summed E-state index contributed by atoms with van der Waals surface area (Å²) in [4.78, 5) is -0.0162. The molecule has 0 saturated heterocycles. The van der Waals surface area contributed by atoms with Crippen LogP contribution in [0, 0.1) is 4.77 Å². The maximum atomic E-state index is 11.2. The van der Waals surface area contributed by atoms with Crippen LogP contribution in [0.15, 0.2) is 29.2 Å². The second kappa shape index (κ2) is 3.95. The lowest BCUT2D eigenvalue weighted by Gasteiger charge is -2.05. The number of hydrogen-bond acceptors (Lipinski definition) is 5. The van der Waals surface area contributed by atoms with Gasteiger partial charge in [0.05, 0.1) is 10.6 Å². The fraction of sp³-hybridized carbons (Fsp3) is 0. The topological polar surface area (TPSA) is 120 Å². The number of aromatic nitrogens is 3. The summed E-state index contributed by atoms with van der Waals surface area (Å²) in [5, 5.41) is 11.3. The summed E-state index contributed by atoms with van der Waals surface area (Å²) in [6.45, 7) is 0. The molecule has 9 heteroatoms. The molecule has 0 bridgehead atoms. The zero-order valence-corrected chi connectivity index (χ0v) is 10.1. The van der Waals surface area contributed by atoms with E-state index in [0.29, 0.717) is 5.69 Å². The molecule has 0 aliphatic rings. The van der Waals surface area contributed by atoms with Gasteiger partial charge in [0.25, 0.3) is 0 Å².